The zero-order valence-electron chi connectivity index (χ0n) is 10.5. The van der Waals surface area contributed by atoms with Crippen LogP contribution < -0.4 is 11.1 Å². The summed E-state index contributed by atoms with van der Waals surface area (Å²) in [6, 6.07) is 2.51. The third-order valence-corrected chi connectivity index (χ3v) is 3.07. The van der Waals surface area contributed by atoms with Crippen LogP contribution in [-0.2, 0) is 11.3 Å². The first-order valence-electron chi connectivity index (χ1n) is 5.50. The van der Waals surface area contributed by atoms with Crippen LogP contribution in [0.5, 0.6) is 0 Å². The fraction of sp³-hybridized carbons (Fsp3) is 0.417. The van der Waals surface area contributed by atoms with E-state index >= 15 is 0 Å². The highest BCUT2D eigenvalue weighted by Crippen LogP contribution is 2.09. The van der Waals surface area contributed by atoms with Gasteiger partial charge in [0.1, 0.15) is 11.6 Å². The molecule has 3 nitrogen and oxygen atoms in total. The number of thioether (sulfide) groups is 1. The van der Waals surface area contributed by atoms with Gasteiger partial charge < -0.3 is 11.1 Å². The molecule has 0 spiro atoms. The van der Waals surface area contributed by atoms with Gasteiger partial charge in [-0.2, -0.15) is 11.8 Å². The molecule has 0 aromatic heterocycles. The molecule has 0 bridgehead atoms. The predicted octanol–water partition coefficient (Wildman–Crippen LogP) is 2.08. The van der Waals surface area contributed by atoms with Gasteiger partial charge in [0.25, 0.3) is 0 Å². The molecular weight excluding hydrogens is 294 g/mol. The summed E-state index contributed by atoms with van der Waals surface area (Å²) in [5.41, 5.74) is 5.75. The van der Waals surface area contributed by atoms with Crippen molar-refractivity contribution in [1.29, 1.82) is 0 Å². The van der Waals surface area contributed by atoms with E-state index in [1.807, 2.05) is 6.26 Å². The van der Waals surface area contributed by atoms with Crippen LogP contribution in [0, 0.1) is 11.6 Å². The first-order chi connectivity index (χ1) is 8.54. The van der Waals surface area contributed by atoms with Gasteiger partial charge in [-0.25, -0.2) is 8.78 Å². The van der Waals surface area contributed by atoms with Crippen molar-refractivity contribution in [1.82, 2.24) is 5.32 Å². The monoisotopic (exact) mass is 310 g/mol. The van der Waals surface area contributed by atoms with Crippen LogP contribution in [0.15, 0.2) is 18.2 Å². The molecule has 0 saturated carbocycles. The Hall–Kier alpha value is -0.850. The fourth-order valence-electron chi connectivity index (χ4n) is 1.37. The molecule has 0 saturated heterocycles. The second-order valence-corrected chi connectivity index (χ2v) is 4.83. The van der Waals surface area contributed by atoms with E-state index in [-0.39, 0.29) is 30.4 Å². The Labute approximate surface area is 121 Å². The topological polar surface area (TPSA) is 55.1 Å². The molecule has 1 rings (SSSR count). The Morgan fingerprint density at radius 3 is 2.79 bits per heavy atom. The number of nitrogens with two attached hydrogens (primary N) is 1. The normalized spacial score (nSPS) is 11.6. The van der Waals surface area contributed by atoms with Crippen molar-refractivity contribution in [2.45, 2.75) is 19.0 Å². The molecule has 0 heterocycles. The van der Waals surface area contributed by atoms with E-state index in [0.717, 1.165) is 24.0 Å². The standard InChI is InChI=1S/C12H16F2N2OS.ClH/c1-18-5-4-11(15)12(17)16-7-8-6-9(13)2-3-10(8)14;/h2-3,6,11H,4-5,7,15H2,1H3,(H,16,17);1H/t11-;/m0./s1. The molecule has 7 heteroatoms. The molecule has 0 aliphatic heterocycles. The molecule has 1 atom stereocenters. The van der Waals surface area contributed by atoms with Gasteiger partial charge in [-0.15, -0.1) is 12.4 Å². The number of rotatable bonds is 6. The third-order valence-electron chi connectivity index (χ3n) is 2.43. The van der Waals surface area contributed by atoms with E-state index in [9.17, 15) is 13.6 Å². The first kappa shape index (κ1) is 18.1. The molecular formula is C12H17ClF2N2OS. The highest BCUT2D eigenvalue weighted by Gasteiger charge is 2.13. The summed E-state index contributed by atoms with van der Waals surface area (Å²) in [6.45, 7) is -0.0601. The van der Waals surface area contributed by atoms with E-state index < -0.39 is 17.7 Å². The van der Waals surface area contributed by atoms with Gasteiger partial charge in [-0.1, -0.05) is 0 Å². The Balaban J connectivity index is 0.00000324. The lowest BCUT2D eigenvalue weighted by Crippen LogP contribution is -2.40. The molecule has 3 N–H and O–H groups in total. The smallest absolute Gasteiger partial charge is 0.237 e. The summed E-state index contributed by atoms with van der Waals surface area (Å²) >= 11 is 1.60. The van der Waals surface area contributed by atoms with E-state index in [1.165, 1.54) is 0 Å². The maximum atomic E-state index is 13.3. The van der Waals surface area contributed by atoms with Crippen LogP contribution in [0.3, 0.4) is 0 Å². The predicted molar refractivity (Wildman–Crippen MR) is 76.4 cm³/mol. The van der Waals surface area contributed by atoms with E-state index in [4.69, 9.17) is 5.73 Å². The maximum absolute atomic E-state index is 13.3. The molecule has 0 aliphatic rings. The average molecular weight is 311 g/mol. The van der Waals surface area contributed by atoms with E-state index in [2.05, 4.69) is 5.32 Å². The number of halogens is 3. The Morgan fingerprint density at radius 1 is 1.47 bits per heavy atom. The summed E-state index contributed by atoms with van der Waals surface area (Å²) in [6.07, 6.45) is 2.48. The van der Waals surface area contributed by atoms with Crippen LogP contribution in [-0.4, -0.2) is 24.0 Å². The number of hydrogen-bond acceptors (Lipinski definition) is 3. The average Bonchev–Trinajstić information content (AvgIpc) is 2.36. The van der Waals surface area contributed by atoms with Gasteiger partial charge in [0, 0.05) is 12.1 Å². The molecule has 108 valence electrons. The minimum Gasteiger partial charge on any atom is -0.351 e. The van der Waals surface area contributed by atoms with Gasteiger partial charge >= 0.3 is 0 Å². The quantitative estimate of drug-likeness (QED) is 0.846. The lowest BCUT2D eigenvalue weighted by atomic mass is 10.2. The van der Waals surface area contributed by atoms with Crippen molar-refractivity contribution in [3.63, 3.8) is 0 Å². The van der Waals surface area contributed by atoms with Gasteiger partial charge in [0.2, 0.25) is 5.91 Å². The van der Waals surface area contributed by atoms with Crippen molar-refractivity contribution in [3.05, 3.63) is 35.4 Å². The van der Waals surface area contributed by atoms with Crippen molar-refractivity contribution >= 4 is 30.1 Å². The van der Waals surface area contributed by atoms with Gasteiger partial charge in [-0.05, 0) is 36.6 Å². The van der Waals surface area contributed by atoms with E-state index in [0.29, 0.717) is 6.42 Å². The molecule has 0 radical (unpaired) electrons. The van der Waals surface area contributed by atoms with Gasteiger partial charge in [0.15, 0.2) is 0 Å². The number of nitrogens with one attached hydrogen (secondary N) is 1. The summed E-state index contributed by atoms with van der Waals surface area (Å²) in [7, 11) is 0. The van der Waals surface area contributed by atoms with E-state index in [1.54, 1.807) is 11.8 Å². The van der Waals surface area contributed by atoms with Crippen molar-refractivity contribution in [2.75, 3.05) is 12.0 Å². The summed E-state index contributed by atoms with van der Waals surface area (Å²) in [5.74, 6) is -0.655. The SMILES string of the molecule is CSCC[C@H](N)C(=O)NCc1cc(F)ccc1F.Cl. The molecule has 1 amide bonds. The van der Waals surface area contributed by atoms with Crippen LogP contribution in [0.1, 0.15) is 12.0 Å². The third kappa shape index (κ3) is 6.22. The van der Waals surface area contributed by atoms with Crippen molar-refractivity contribution < 1.29 is 13.6 Å². The van der Waals surface area contributed by atoms with Crippen LogP contribution in [0.25, 0.3) is 0 Å². The van der Waals surface area contributed by atoms with Gasteiger partial charge in [0.05, 0.1) is 6.04 Å². The molecule has 1 aromatic carbocycles. The van der Waals surface area contributed by atoms with Crippen LogP contribution >= 0.6 is 24.2 Å². The summed E-state index contributed by atoms with van der Waals surface area (Å²) < 4.78 is 26.2. The molecule has 0 aliphatic carbocycles. The second kappa shape index (κ2) is 9.12. The summed E-state index contributed by atoms with van der Waals surface area (Å²) in [4.78, 5) is 11.6. The van der Waals surface area contributed by atoms with Crippen LogP contribution in [0.4, 0.5) is 8.78 Å². The van der Waals surface area contributed by atoms with Gasteiger partial charge in [-0.3, -0.25) is 4.79 Å². The summed E-state index contributed by atoms with van der Waals surface area (Å²) in [5, 5.41) is 2.50. The zero-order chi connectivity index (χ0) is 13.5. The number of hydrogen-bond donors (Lipinski definition) is 2. The number of amides is 1. The lowest BCUT2D eigenvalue weighted by Gasteiger charge is -2.12. The Kier molecular flexibility index (Phi) is 8.71. The van der Waals surface area contributed by atoms with Crippen molar-refractivity contribution in [3.8, 4) is 0 Å². The molecule has 0 unspecified atom stereocenters. The van der Waals surface area contributed by atoms with Crippen LogP contribution in [0.2, 0.25) is 0 Å². The van der Waals surface area contributed by atoms with Crippen molar-refractivity contribution in [2.24, 2.45) is 5.73 Å². The first-order valence-corrected chi connectivity index (χ1v) is 6.90. The minimum atomic E-state index is -0.617. The Morgan fingerprint density at radius 2 is 2.16 bits per heavy atom. The minimum absolute atomic E-state index is 0. The number of carbonyl (C=O) groups excluding carboxylic acids is 1. The second-order valence-electron chi connectivity index (χ2n) is 3.84. The highest BCUT2D eigenvalue weighted by molar-refractivity contribution is 7.98. The zero-order valence-corrected chi connectivity index (χ0v) is 12.1. The number of carbonyl (C=O) groups is 1. The molecule has 0 fully saturated rings. The fourth-order valence-corrected chi connectivity index (χ4v) is 1.86. The lowest BCUT2D eigenvalue weighted by molar-refractivity contribution is -0.122. The number of benzene rings is 1. The Bertz CT molecular complexity index is 421. The molecule has 1 aromatic rings. The largest absolute Gasteiger partial charge is 0.351 e. The maximum Gasteiger partial charge on any atom is 0.237 e. The molecule has 19 heavy (non-hydrogen) atoms. The highest BCUT2D eigenvalue weighted by atomic mass is 35.5.